The van der Waals surface area contributed by atoms with E-state index in [4.69, 9.17) is 9.47 Å². The van der Waals surface area contributed by atoms with E-state index in [1.165, 1.54) is 0 Å². The van der Waals surface area contributed by atoms with Crippen LogP contribution in [0.25, 0.3) is 0 Å². The maximum Gasteiger partial charge on any atom is 0.336 e. The summed E-state index contributed by atoms with van der Waals surface area (Å²) < 4.78 is 11.7. The number of hydrogen-bond donors (Lipinski definition) is 1. The summed E-state index contributed by atoms with van der Waals surface area (Å²) in [6.45, 7) is 4.85. The van der Waals surface area contributed by atoms with Gasteiger partial charge in [0.2, 0.25) is 0 Å². The number of rotatable bonds is 7. The summed E-state index contributed by atoms with van der Waals surface area (Å²) in [7, 11) is 0. The molecule has 0 saturated heterocycles. The zero-order valence-corrected chi connectivity index (χ0v) is 20.5. The van der Waals surface area contributed by atoms with Crippen LogP contribution < -0.4 is 5.32 Å². The van der Waals surface area contributed by atoms with Crippen LogP contribution in [-0.4, -0.2) is 31.6 Å². The van der Waals surface area contributed by atoms with Crippen molar-refractivity contribution in [3.05, 3.63) is 92.7 Å². The van der Waals surface area contributed by atoms with Crippen LogP contribution in [0.2, 0.25) is 0 Å². The fourth-order valence-electron chi connectivity index (χ4n) is 4.71. The number of halogens is 1. The average molecular weight is 510 g/mol. The summed E-state index contributed by atoms with van der Waals surface area (Å²) in [4.78, 5) is 26.7. The lowest BCUT2D eigenvalue weighted by Crippen LogP contribution is -2.36. The van der Waals surface area contributed by atoms with E-state index < -0.39 is 11.9 Å². The second-order valence-electron chi connectivity index (χ2n) is 8.32. The molecule has 0 bridgehead atoms. The van der Waals surface area contributed by atoms with Gasteiger partial charge in [0.15, 0.2) is 5.78 Å². The van der Waals surface area contributed by atoms with Crippen LogP contribution in [0.15, 0.2) is 81.6 Å². The second kappa shape index (κ2) is 10.5. The van der Waals surface area contributed by atoms with Crippen molar-refractivity contribution in [3.8, 4) is 0 Å². The minimum absolute atomic E-state index is 0.0645. The van der Waals surface area contributed by atoms with Gasteiger partial charge >= 0.3 is 5.97 Å². The number of benzene rings is 2. The molecule has 0 unspecified atom stereocenters. The Morgan fingerprint density at radius 2 is 1.82 bits per heavy atom. The normalized spacial score (nSPS) is 20.4. The molecular weight excluding hydrogens is 482 g/mol. The van der Waals surface area contributed by atoms with Gasteiger partial charge in [0, 0.05) is 40.4 Å². The number of esters is 1. The molecule has 1 N–H and O–H groups in total. The lowest BCUT2D eigenvalue weighted by atomic mass is 9.72. The van der Waals surface area contributed by atoms with Crippen LogP contribution in [0.5, 0.6) is 0 Å². The number of allylic oxidation sites excluding steroid dienone is 3. The van der Waals surface area contributed by atoms with E-state index in [2.05, 4.69) is 33.4 Å². The molecule has 1 heterocycles. The summed E-state index contributed by atoms with van der Waals surface area (Å²) in [5.41, 5.74) is 4.81. The van der Waals surface area contributed by atoms with Crippen molar-refractivity contribution in [2.24, 2.45) is 0 Å². The number of ketones is 1. The van der Waals surface area contributed by atoms with Crippen LogP contribution >= 0.6 is 15.9 Å². The molecule has 4 rings (SSSR count). The van der Waals surface area contributed by atoms with Gasteiger partial charge in [-0.25, -0.2) is 4.79 Å². The number of Topliss-reactive ketones (excluding diaryl/α,β-unsaturated/α-hetero) is 1. The fourth-order valence-corrected chi connectivity index (χ4v) is 5.12. The van der Waals surface area contributed by atoms with E-state index in [-0.39, 0.29) is 18.3 Å². The molecule has 6 heteroatoms. The molecule has 1 aliphatic carbocycles. The highest BCUT2D eigenvalue weighted by Crippen LogP contribution is 2.46. The Kier molecular flexibility index (Phi) is 7.46. The Morgan fingerprint density at radius 3 is 2.55 bits per heavy atom. The predicted octanol–water partition coefficient (Wildman–Crippen LogP) is 5.39. The molecule has 2 atom stereocenters. The average Bonchev–Trinajstić information content (AvgIpc) is 2.81. The molecule has 2 aromatic rings. The van der Waals surface area contributed by atoms with Gasteiger partial charge in [-0.1, -0.05) is 58.4 Å². The lowest BCUT2D eigenvalue weighted by Gasteiger charge is -2.36. The molecule has 5 nitrogen and oxygen atoms in total. The third-order valence-electron chi connectivity index (χ3n) is 6.17. The van der Waals surface area contributed by atoms with Gasteiger partial charge in [0.1, 0.15) is 6.61 Å². The third-order valence-corrected chi connectivity index (χ3v) is 6.66. The van der Waals surface area contributed by atoms with Crippen molar-refractivity contribution in [1.82, 2.24) is 5.32 Å². The van der Waals surface area contributed by atoms with Crippen LogP contribution in [-0.2, 0) is 19.1 Å². The van der Waals surface area contributed by atoms with E-state index in [9.17, 15) is 9.59 Å². The molecule has 2 aromatic carbocycles. The highest BCUT2D eigenvalue weighted by Gasteiger charge is 2.41. The summed E-state index contributed by atoms with van der Waals surface area (Å²) in [6.07, 6.45) is 1.14. The first-order valence-corrected chi connectivity index (χ1v) is 12.1. The standard InChI is InChI=1S/C27H28BrNO4/c1-3-32-12-13-33-27(31)24-17(2)29-22-15-20(18-8-5-4-6-9-18)16-23(30)26(22)25(24)19-10-7-11-21(28)14-19/h4-11,14,20,25,29H,3,12-13,15-16H2,1-2H3/t20-,25-/m1/s1. The summed E-state index contributed by atoms with van der Waals surface area (Å²) in [5, 5.41) is 3.39. The maximum atomic E-state index is 13.6. The lowest BCUT2D eigenvalue weighted by molar-refractivity contribution is -0.140. The van der Waals surface area contributed by atoms with Crippen molar-refractivity contribution in [2.75, 3.05) is 19.8 Å². The van der Waals surface area contributed by atoms with Gasteiger partial charge in [-0.15, -0.1) is 0 Å². The van der Waals surface area contributed by atoms with Crippen molar-refractivity contribution < 1.29 is 19.1 Å². The zero-order chi connectivity index (χ0) is 23.4. The summed E-state index contributed by atoms with van der Waals surface area (Å²) in [5.74, 6) is -0.716. The number of nitrogens with one attached hydrogen (secondary N) is 1. The van der Waals surface area contributed by atoms with Crippen LogP contribution in [0.4, 0.5) is 0 Å². The first kappa shape index (κ1) is 23.5. The molecular formula is C27H28BrNO4. The smallest absolute Gasteiger partial charge is 0.336 e. The topological polar surface area (TPSA) is 64.6 Å². The minimum atomic E-state index is -0.470. The molecule has 0 aromatic heterocycles. The van der Waals surface area contributed by atoms with Gasteiger partial charge in [-0.05, 0) is 49.4 Å². The highest BCUT2D eigenvalue weighted by atomic mass is 79.9. The maximum absolute atomic E-state index is 13.6. The van der Waals surface area contributed by atoms with Crippen molar-refractivity contribution in [2.45, 2.75) is 38.5 Å². The number of ether oxygens (including phenoxy) is 2. The van der Waals surface area contributed by atoms with Crippen molar-refractivity contribution in [3.63, 3.8) is 0 Å². The molecule has 0 radical (unpaired) electrons. The van der Waals surface area contributed by atoms with Gasteiger partial charge in [-0.2, -0.15) is 0 Å². The SMILES string of the molecule is CCOCCOC(=O)C1=C(C)NC2=C(C(=O)C[C@H](c3ccccc3)C2)[C@@H]1c1cccc(Br)c1. The van der Waals surface area contributed by atoms with Crippen molar-refractivity contribution >= 4 is 27.7 Å². The highest BCUT2D eigenvalue weighted by molar-refractivity contribution is 9.10. The number of dihydropyridines is 1. The molecule has 0 spiro atoms. The summed E-state index contributed by atoms with van der Waals surface area (Å²) in [6, 6.07) is 17.9. The van der Waals surface area contributed by atoms with E-state index in [0.29, 0.717) is 30.8 Å². The van der Waals surface area contributed by atoms with Crippen LogP contribution in [0.3, 0.4) is 0 Å². The zero-order valence-electron chi connectivity index (χ0n) is 18.9. The molecule has 0 fully saturated rings. The Balaban J connectivity index is 1.72. The van der Waals surface area contributed by atoms with Gasteiger partial charge < -0.3 is 14.8 Å². The number of carbonyl (C=O) groups excluding carboxylic acids is 2. The quantitative estimate of drug-likeness (QED) is 0.400. The third kappa shape index (κ3) is 5.12. The van der Waals surface area contributed by atoms with E-state index >= 15 is 0 Å². The van der Waals surface area contributed by atoms with E-state index in [1.54, 1.807) is 0 Å². The van der Waals surface area contributed by atoms with Gasteiger partial charge in [0.25, 0.3) is 0 Å². The minimum Gasteiger partial charge on any atom is -0.460 e. The number of carbonyl (C=O) groups is 2. The molecule has 2 aliphatic rings. The Labute approximate surface area is 203 Å². The first-order chi connectivity index (χ1) is 16.0. The predicted molar refractivity (Wildman–Crippen MR) is 131 cm³/mol. The fraction of sp³-hybridized carbons (Fsp3) is 0.333. The van der Waals surface area contributed by atoms with Gasteiger partial charge in [0.05, 0.1) is 12.2 Å². The summed E-state index contributed by atoms with van der Waals surface area (Å²) >= 11 is 3.54. The van der Waals surface area contributed by atoms with E-state index in [0.717, 1.165) is 33.4 Å². The molecule has 0 saturated carbocycles. The largest absolute Gasteiger partial charge is 0.460 e. The monoisotopic (exact) mass is 509 g/mol. The second-order valence-corrected chi connectivity index (χ2v) is 9.23. The number of hydrogen-bond acceptors (Lipinski definition) is 5. The Hall–Kier alpha value is -2.70. The van der Waals surface area contributed by atoms with Crippen molar-refractivity contribution in [1.29, 1.82) is 0 Å². The Morgan fingerprint density at radius 1 is 1.06 bits per heavy atom. The molecule has 1 aliphatic heterocycles. The molecule has 172 valence electrons. The molecule has 33 heavy (non-hydrogen) atoms. The first-order valence-electron chi connectivity index (χ1n) is 11.3. The Bertz CT molecular complexity index is 1110. The van der Waals surface area contributed by atoms with Gasteiger partial charge in [-0.3, -0.25) is 4.79 Å². The van der Waals surface area contributed by atoms with E-state index in [1.807, 2.05) is 56.3 Å². The molecule has 0 amide bonds. The van der Waals surface area contributed by atoms with Crippen LogP contribution in [0.1, 0.15) is 49.7 Å². The van der Waals surface area contributed by atoms with Crippen LogP contribution in [0, 0.1) is 0 Å².